The molecular weight excluding hydrogens is 286 g/mol. The SMILES string of the molecule is CCc1cc(C#CCO)ccc1NC(=O)c1snnc1C. The maximum atomic E-state index is 12.2. The van der Waals surface area contributed by atoms with E-state index in [4.69, 9.17) is 5.11 Å². The molecule has 1 aromatic carbocycles. The summed E-state index contributed by atoms with van der Waals surface area (Å²) in [6.07, 6.45) is 0.768. The van der Waals surface area contributed by atoms with E-state index in [0.29, 0.717) is 10.6 Å². The maximum absolute atomic E-state index is 12.2. The minimum Gasteiger partial charge on any atom is -0.384 e. The van der Waals surface area contributed by atoms with E-state index in [1.165, 1.54) is 0 Å². The molecule has 1 heterocycles. The number of anilines is 1. The fourth-order valence-corrected chi connectivity index (χ4v) is 2.40. The molecule has 0 aliphatic carbocycles. The van der Waals surface area contributed by atoms with Crippen LogP contribution in [0.15, 0.2) is 18.2 Å². The van der Waals surface area contributed by atoms with E-state index < -0.39 is 0 Å². The molecule has 108 valence electrons. The average molecular weight is 301 g/mol. The lowest BCUT2D eigenvalue weighted by Crippen LogP contribution is -2.13. The second-order valence-electron chi connectivity index (χ2n) is 4.33. The molecule has 0 saturated carbocycles. The van der Waals surface area contributed by atoms with Crippen LogP contribution in [0.2, 0.25) is 0 Å². The van der Waals surface area contributed by atoms with Gasteiger partial charge >= 0.3 is 0 Å². The average Bonchev–Trinajstić information content (AvgIpc) is 2.92. The van der Waals surface area contributed by atoms with E-state index in [1.54, 1.807) is 6.92 Å². The van der Waals surface area contributed by atoms with Gasteiger partial charge in [-0.3, -0.25) is 4.79 Å². The molecule has 6 heteroatoms. The van der Waals surface area contributed by atoms with Crippen LogP contribution in [0.5, 0.6) is 0 Å². The molecule has 1 aromatic heterocycles. The van der Waals surface area contributed by atoms with Gasteiger partial charge in [0.2, 0.25) is 0 Å². The Balaban J connectivity index is 2.24. The van der Waals surface area contributed by atoms with Crippen molar-refractivity contribution in [2.24, 2.45) is 0 Å². The molecular formula is C15H15N3O2S. The number of carbonyl (C=O) groups excluding carboxylic acids is 1. The van der Waals surface area contributed by atoms with E-state index in [1.807, 2.05) is 25.1 Å². The van der Waals surface area contributed by atoms with Crippen LogP contribution in [0.1, 0.15) is 33.4 Å². The van der Waals surface area contributed by atoms with Crippen molar-refractivity contribution in [3.05, 3.63) is 39.9 Å². The van der Waals surface area contributed by atoms with Gasteiger partial charge in [0, 0.05) is 11.3 Å². The molecule has 21 heavy (non-hydrogen) atoms. The summed E-state index contributed by atoms with van der Waals surface area (Å²) < 4.78 is 3.76. The van der Waals surface area contributed by atoms with E-state index >= 15 is 0 Å². The normalized spacial score (nSPS) is 9.86. The molecule has 0 unspecified atom stereocenters. The fourth-order valence-electron chi connectivity index (χ4n) is 1.85. The zero-order valence-corrected chi connectivity index (χ0v) is 12.6. The molecule has 0 aliphatic heterocycles. The summed E-state index contributed by atoms with van der Waals surface area (Å²) in [6.45, 7) is 3.60. The maximum Gasteiger partial charge on any atom is 0.269 e. The highest BCUT2D eigenvalue weighted by Gasteiger charge is 2.14. The highest BCUT2D eigenvalue weighted by Crippen LogP contribution is 2.20. The minimum atomic E-state index is -0.202. The molecule has 0 atom stereocenters. The number of aryl methyl sites for hydroxylation is 2. The van der Waals surface area contributed by atoms with Crippen molar-refractivity contribution in [3.8, 4) is 11.8 Å². The number of nitrogens with zero attached hydrogens (tertiary/aromatic N) is 2. The van der Waals surface area contributed by atoms with Crippen LogP contribution in [-0.2, 0) is 6.42 Å². The second-order valence-corrected chi connectivity index (χ2v) is 5.08. The van der Waals surface area contributed by atoms with E-state index in [-0.39, 0.29) is 12.5 Å². The van der Waals surface area contributed by atoms with E-state index in [2.05, 4.69) is 26.7 Å². The van der Waals surface area contributed by atoms with Gasteiger partial charge in [0.1, 0.15) is 11.5 Å². The molecule has 0 saturated heterocycles. The van der Waals surface area contributed by atoms with Crippen LogP contribution in [0.4, 0.5) is 5.69 Å². The van der Waals surface area contributed by atoms with Gasteiger partial charge in [-0.2, -0.15) is 0 Å². The number of benzene rings is 1. The monoisotopic (exact) mass is 301 g/mol. The first kappa shape index (κ1) is 15.2. The summed E-state index contributed by atoms with van der Waals surface area (Å²) in [7, 11) is 0. The lowest BCUT2D eigenvalue weighted by Gasteiger charge is -2.09. The molecule has 0 aliphatic rings. The smallest absolute Gasteiger partial charge is 0.269 e. The molecule has 0 spiro atoms. The van der Waals surface area contributed by atoms with Gasteiger partial charge in [0.25, 0.3) is 5.91 Å². The Morgan fingerprint density at radius 1 is 1.48 bits per heavy atom. The Labute approximate surface area is 127 Å². The van der Waals surface area contributed by atoms with Crippen molar-refractivity contribution < 1.29 is 9.90 Å². The Bertz CT molecular complexity index is 713. The van der Waals surface area contributed by atoms with Gasteiger partial charge in [0.05, 0.1) is 5.69 Å². The van der Waals surface area contributed by atoms with Crippen LogP contribution in [0.25, 0.3) is 0 Å². The first-order valence-electron chi connectivity index (χ1n) is 6.48. The number of carbonyl (C=O) groups is 1. The quantitative estimate of drug-likeness (QED) is 0.850. The zero-order chi connectivity index (χ0) is 15.2. The Morgan fingerprint density at radius 2 is 2.29 bits per heavy atom. The van der Waals surface area contributed by atoms with Crippen LogP contribution in [-0.4, -0.2) is 27.2 Å². The Morgan fingerprint density at radius 3 is 2.90 bits per heavy atom. The van der Waals surface area contributed by atoms with Gasteiger partial charge in [-0.1, -0.05) is 23.3 Å². The van der Waals surface area contributed by atoms with Crippen molar-refractivity contribution in [3.63, 3.8) is 0 Å². The zero-order valence-electron chi connectivity index (χ0n) is 11.8. The lowest BCUT2D eigenvalue weighted by atomic mass is 10.1. The van der Waals surface area contributed by atoms with Crippen molar-refractivity contribution in [2.75, 3.05) is 11.9 Å². The molecule has 2 rings (SSSR count). The molecule has 0 bridgehead atoms. The number of aliphatic hydroxyl groups is 1. The predicted octanol–water partition coefficient (Wildman–Crippen LogP) is 2.01. The number of amides is 1. The van der Waals surface area contributed by atoms with E-state index in [9.17, 15) is 4.79 Å². The highest BCUT2D eigenvalue weighted by atomic mass is 32.1. The topological polar surface area (TPSA) is 75.1 Å². The molecule has 2 N–H and O–H groups in total. The lowest BCUT2D eigenvalue weighted by molar-refractivity contribution is 0.102. The number of rotatable bonds is 3. The summed E-state index contributed by atoms with van der Waals surface area (Å²) in [5.74, 6) is 5.26. The molecule has 2 aromatic rings. The van der Waals surface area contributed by atoms with Crippen LogP contribution >= 0.6 is 11.5 Å². The number of hydrogen-bond acceptors (Lipinski definition) is 5. The third-order valence-corrected chi connectivity index (χ3v) is 3.73. The van der Waals surface area contributed by atoms with Gasteiger partial charge in [-0.05, 0) is 48.6 Å². The third-order valence-electron chi connectivity index (χ3n) is 2.90. The Kier molecular flexibility index (Phi) is 5.04. The number of hydrogen-bond donors (Lipinski definition) is 2. The van der Waals surface area contributed by atoms with Crippen molar-refractivity contribution >= 4 is 23.1 Å². The summed E-state index contributed by atoms with van der Waals surface area (Å²) >= 11 is 1.08. The van der Waals surface area contributed by atoms with Crippen molar-refractivity contribution in [1.82, 2.24) is 9.59 Å². The van der Waals surface area contributed by atoms with Crippen LogP contribution in [0.3, 0.4) is 0 Å². The van der Waals surface area contributed by atoms with Gasteiger partial charge in [-0.25, -0.2) is 0 Å². The summed E-state index contributed by atoms with van der Waals surface area (Å²) in [5, 5.41) is 15.4. The molecule has 0 fully saturated rings. The number of aliphatic hydroxyl groups excluding tert-OH is 1. The molecule has 0 radical (unpaired) electrons. The van der Waals surface area contributed by atoms with Crippen molar-refractivity contribution in [2.45, 2.75) is 20.3 Å². The summed E-state index contributed by atoms with van der Waals surface area (Å²) in [5.41, 5.74) is 3.18. The summed E-state index contributed by atoms with van der Waals surface area (Å²) in [4.78, 5) is 12.7. The minimum absolute atomic E-state index is 0.169. The fraction of sp³-hybridized carbons (Fsp3) is 0.267. The van der Waals surface area contributed by atoms with E-state index in [0.717, 1.165) is 34.8 Å². The number of aromatic nitrogens is 2. The predicted molar refractivity (Wildman–Crippen MR) is 82.4 cm³/mol. The first-order valence-corrected chi connectivity index (χ1v) is 7.26. The standard InChI is InChI=1S/C15H15N3O2S/c1-3-12-9-11(5-4-8-19)6-7-13(12)16-15(20)14-10(2)17-18-21-14/h6-7,9,19H,3,8H2,1-2H3,(H,16,20). The van der Waals surface area contributed by atoms with Gasteiger partial charge in [0.15, 0.2) is 0 Å². The third kappa shape index (κ3) is 3.66. The first-order chi connectivity index (χ1) is 10.2. The van der Waals surface area contributed by atoms with Crippen LogP contribution < -0.4 is 5.32 Å². The van der Waals surface area contributed by atoms with Gasteiger partial charge < -0.3 is 10.4 Å². The molecule has 1 amide bonds. The number of nitrogens with one attached hydrogen (secondary N) is 1. The Hall–Kier alpha value is -2.23. The summed E-state index contributed by atoms with van der Waals surface area (Å²) in [6, 6.07) is 5.55. The largest absolute Gasteiger partial charge is 0.384 e. The van der Waals surface area contributed by atoms with Gasteiger partial charge in [-0.15, -0.1) is 5.10 Å². The highest BCUT2D eigenvalue weighted by molar-refractivity contribution is 7.08. The second kappa shape index (κ2) is 6.97. The van der Waals surface area contributed by atoms with Crippen molar-refractivity contribution in [1.29, 1.82) is 0 Å². The molecule has 5 nitrogen and oxygen atoms in total. The van der Waals surface area contributed by atoms with Crippen LogP contribution in [0, 0.1) is 18.8 Å².